The Bertz CT molecular complexity index is 1170. The minimum absolute atomic E-state index is 0.000910. The van der Waals surface area contributed by atoms with E-state index in [4.69, 9.17) is 27.9 Å². The number of ether oxygens (including phenoxy) is 1. The van der Waals surface area contributed by atoms with Gasteiger partial charge in [0.15, 0.2) is 0 Å². The van der Waals surface area contributed by atoms with E-state index in [1.165, 1.54) is 18.4 Å². The quantitative estimate of drug-likeness (QED) is 0.152. The first-order valence-corrected chi connectivity index (χ1v) is 19.1. The van der Waals surface area contributed by atoms with Crippen molar-refractivity contribution in [1.82, 2.24) is 0 Å². The van der Waals surface area contributed by atoms with Crippen LogP contribution in [0.4, 0.5) is 5.69 Å². The summed E-state index contributed by atoms with van der Waals surface area (Å²) >= 11 is 11.9. The van der Waals surface area contributed by atoms with Gasteiger partial charge in [-0.15, -0.1) is 23.2 Å². The topological polar surface area (TPSA) is 87.1 Å². The molecule has 4 aliphatic rings. The summed E-state index contributed by atoms with van der Waals surface area (Å²) in [7, 11) is 0. The maximum absolute atomic E-state index is 12.9. The fraction of sp³-hybridized carbons (Fsp3) is 0.789. The Morgan fingerprint density at radius 1 is 0.978 bits per heavy atom. The smallest absolute Gasteiger partial charge is 0.306 e. The largest absolute Gasteiger partial charge is 0.481 e. The number of benzene rings is 1. The summed E-state index contributed by atoms with van der Waals surface area (Å²) in [6, 6.07) is 8.48. The minimum atomic E-state index is -0.723. The van der Waals surface area contributed by atoms with E-state index in [9.17, 15) is 19.8 Å². The Morgan fingerprint density at radius 3 is 2.37 bits per heavy atom. The summed E-state index contributed by atoms with van der Waals surface area (Å²) in [5.41, 5.74) is 2.39. The molecule has 46 heavy (non-hydrogen) atoms. The van der Waals surface area contributed by atoms with Crippen molar-refractivity contribution in [2.75, 3.05) is 29.7 Å². The molecular formula is C38H57Cl2NO5. The van der Waals surface area contributed by atoms with E-state index in [0.29, 0.717) is 60.1 Å². The molecule has 5 rings (SSSR count). The van der Waals surface area contributed by atoms with Crippen molar-refractivity contribution in [2.24, 2.45) is 46.3 Å². The molecule has 0 unspecified atom stereocenters. The van der Waals surface area contributed by atoms with E-state index in [1.807, 2.05) is 0 Å². The maximum atomic E-state index is 12.9. The number of hydrogen-bond donors (Lipinski definition) is 2. The van der Waals surface area contributed by atoms with E-state index in [0.717, 1.165) is 70.1 Å². The predicted molar refractivity (Wildman–Crippen MR) is 186 cm³/mol. The third kappa shape index (κ3) is 7.39. The highest BCUT2D eigenvalue weighted by atomic mass is 35.5. The van der Waals surface area contributed by atoms with Gasteiger partial charge in [-0.25, -0.2) is 0 Å². The average molecular weight is 679 g/mol. The number of nitrogens with zero attached hydrogens (tertiary/aromatic N) is 1. The van der Waals surface area contributed by atoms with Crippen molar-refractivity contribution in [3.63, 3.8) is 0 Å². The van der Waals surface area contributed by atoms with E-state index < -0.39 is 5.97 Å². The number of fused-ring (bicyclic) bond motifs is 5. The van der Waals surface area contributed by atoms with Crippen molar-refractivity contribution in [3.8, 4) is 0 Å². The van der Waals surface area contributed by atoms with Gasteiger partial charge in [0.25, 0.3) is 0 Å². The highest BCUT2D eigenvalue weighted by molar-refractivity contribution is 6.18. The molecule has 4 fully saturated rings. The van der Waals surface area contributed by atoms with E-state index in [1.54, 1.807) is 0 Å². The summed E-state index contributed by atoms with van der Waals surface area (Å²) in [5, 5.41) is 21.1. The number of aliphatic carboxylic acids is 1. The molecule has 8 heteroatoms. The van der Waals surface area contributed by atoms with Crippen LogP contribution < -0.4 is 4.90 Å². The molecule has 0 radical (unpaired) electrons. The number of carbonyl (C=O) groups is 2. The molecule has 0 heterocycles. The molecule has 10 atom stereocenters. The van der Waals surface area contributed by atoms with E-state index in [2.05, 4.69) is 49.9 Å². The Kier molecular flexibility index (Phi) is 12.0. The number of carbonyl (C=O) groups excluding carboxylic acids is 1. The van der Waals surface area contributed by atoms with Gasteiger partial charge in [-0.3, -0.25) is 9.59 Å². The number of rotatable bonds is 14. The molecule has 1 aromatic carbocycles. The molecule has 0 aromatic heterocycles. The summed E-state index contributed by atoms with van der Waals surface area (Å²) in [6.45, 7) is 8.54. The second-order valence-electron chi connectivity index (χ2n) is 15.6. The zero-order valence-corrected chi connectivity index (χ0v) is 29.8. The van der Waals surface area contributed by atoms with Gasteiger partial charge in [-0.2, -0.15) is 0 Å². The lowest BCUT2D eigenvalue weighted by molar-refractivity contribution is -0.181. The molecule has 0 amide bonds. The molecule has 6 nitrogen and oxygen atoms in total. The van der Waals surface area contributed by atoms with Gasteiger partial charge in [0.2, 0.25) is 0 Å². The summed E-state index contributed by atoms with van der Waals surface area (Å²) in [4.78, 5) is 26.4. The predicted octanol–water partition coefficient (Wildman–Crippen LogP) is 8.34. The standard InChI is InChI=1S/C38H57Cl2NO5/c1-25(7-16-35(43)44)31-14-15-32-30-13-10-27-23-29(17-18-37(27,2)33(30)24-34(42)38(31,32)3)46-36(45)6-4-5-26-8-11-28(12-9-26)41(21-19-39)22-20-40/h8-9,11-12,25,27,29-34,42H,4-7,10,13-24H2,1-3H3,(H,43,44)/t25-,27-,29-,30+,31-,32+,33+,34+,37+,38-/m1/s1. The lowest BCUT2D eigenvalue weighted by Crippen LogP contribution is -2.59. The van der Waals surface area contributed by atoms with Crippen LogP contribution >= 0.6 is 23.2 Å². The van der Waals surface area contributed by atoms with Gasteiger partial charge in [0.1, 0.15) is 6.10 Å². The summed E-state index contributed by atoms with van der Waals surface area (Å²) in [5.74, 6) is 3.20. The average Bonchev–Trinajstić information content (AvgIpc) is 3.39. The number of aliphatic hydroxyl groups excluding tert-OH is 1. The molecule has 4 aliphatic carbocycles. The number of esters is 1. The SMILES string of the molecule is C[C@H](CCC(=O)O)[C@H]1CC[C@H]2[C@@H]3CC[C@@H]4C[C@H](OC(=O)CCCc5ccc(N(CCCl)CCCl)cc5)CC[C@]4(C)[C@H]3C[C@H](O)[C@]12C. The lowest BCUT2D eigenvalue weighted by atomic mass is 9.43. The van der Waals surface area contributed by atoms with Crippen LogP contribution in [0.1, 0.15) is 103 Å². The first-order valence-electron chi connectivity index (χ1n) is 18.1. The van der Waals surface area contributed by atoms with Crippen molar-refractivity contribution in [2.45, 2.75) is 116 Å². The lowest BCUT2D eigenvalue weighted by Gasteiger charge is -2.62. The number of aliphatic hydroxyl groups is 1. The van der Waals surface area contributed by atoms with Crippen molar-refractivity contribution >= 4 is 40.8 Å². The van der Waals surface area contributed by atoms with Crippen LogP contribution in [0.5, 0.6) is 0 Å². The molecular weight excluding hydrogens is 621 g/mol. The van der Waals surface area contributed by atoms with Gasteiger partial charge in [0, 0.05) is 43.4 Å². The maximum Gasteiger partial charge on any atom is 0.306 e. The van der Waals surface area contributed by atoms with Gasteiger partial charge in [-0.1, -0.05) is 32.9 Å². The third-order valence-electron chi connectivity index (χ3n) is 13.5. The van der Waals surface area contributed by atoms with Crippen molar-refractivity contribution in [1.29, 1.82) is 0 Å². The monoisotopic (exact) mass is 677 g/mol. The molecule has 0 aliphatic heterocycles. The second kappa shape index (κ2) is 15.4. The molecule has 0 saturated heterocycles. The zero-order chi connectivity index (χ0) is 33.1. The Balaban J connectivity index is 1.11. The highest BCUT2D eigenvalue weighted by Gasteiger charge is 2.63. The summed E-state index contributed by atoms with van der Waals surface area (Å²) < 4.78 is 6.09. The van der Waals surface area contributed by atoms with E-state index >= 15 is 0 Å². The van der Waals surface area contributed by atoms with E-state index in [-0.39, 0.29) is 35.4 Å². The fourth-order valence-electron chi connectivity index (χ4n) is 10.9. The third-order valence-corrected chi connectivity index (χ3v) is 13.8. The molecule has 0 bridgehead atoms. The zero-order valence-electron chi connectivity index (χ0n) is 28.3. The van der Waals surface area contributed by atoms with Gasteiger partial charge in [-0.05, 0) is 135 Å². The molecule has 0 spiro atoms. The fourth-order valence-corrected chi connectivity index (χ4v) is 11.3. The van der Waals surface area contributed by atoms with Crippen molar-refractivity contribution in [3.05, 3.63) is 29.8 Å². The number of alkyl halides is 2. The number of anilines is 1. The van der Waals surface area contributed by atoms with Gasteiger partial charge in [0.05, 0.1) is 6.10 Å². The molecule has 258 valence electrons. The Hall–Kier alpha value is -1.50. The molecule has 4 saturated carbocycles. The minimum Gasteiger partial charge on any atom is -0.481 e. The first-order chi connectivity index (χ1) is 22.0. The number of aryl methyl sites for hydroxylation is 1. The normalized spacial score (nSPS) is 35.8. The number of carboxylic acids is 1. The Morgan fingerprint density at radius 2 is 1.70 bits per heavy atom. The van der Waals surface area contributed by atoms with Crippen LogP contribution in [0.25, 0.3) is 0 Å². The second-order valence-corrected chi connectivity index (χ2v) is 16.4. The van der Waals surface area contributed by atoms with Gasteiger partial charge < -0.3 is 19.8 Å². The number of carboxylic acid groups (broad SMARTS) is 1. The van der Waals surface area contributed by atoms with Crippen LogP contribution in [0.2, 0.25) is 0 Å². The summed E-state index contributed by atoms with van der Waals surface area (Å²) in [6.07, 6.45) is 11.0. The molecule has 2 N–H and O–H groups in total. The van der Waals surface area contributed by atoms with Crippen molar-refractivity contribution < 1.29 is 24.5 Å². The first kappa shape index (κ1) is 35.8. The molecule has 1 aromatic rings. The van der Waals surface area contributed by atoms with Crippen LogP contribution in [-0.4, -0.2) is 59.2 Å². The Labute approximate surface area is 286 Å². The number of halogens is 2. The van der Waals surface area contributed by atoms with Crippen LogP contribution in [-0.2, 0) is 20.7 Å². The van der Waals surface area contributed by atoms with Gasteiger partial charge >= 0.3 is 11.9 Å². The van der Waals surface area contributed by atoms with Crippen LogP contribution in [0.15, 0.2) is 24.3 Å². The van der Waals surface area contributed by atoms with Crippen LogP contribution in [0.3, 0.4) is 0 Å². The van der Waals surface area contributed by atoms with Crippen LogP contribution in [0, 0.1) is 46.3 Å². The highest BCUT2D eigenvalue weighted by Crippen LogP contribution is 2.68. The number of hydrogen-bond acceptors (Lipinski definition) is 5.